The SMILES string of the molecule is C=CCOc1ccccc1CNC(=NC)NCc1ccon1.I. The van der Waals surface area contributed by atoms with Crippen molar-refractivity contribution < 1.29 is 9.26 Å². The van der Waals surface area contributed by atoms with Gasteiger partial charge in [-0.15, -0.1) is 24.0 Å². The van der Waals surface area contributed by atoms with Crippen molar-refractivity contribution in [3.63, 3.8) is 0 Å². The second-order valence-corrected chi connectivity index (χ2v) is 4.48. The van der Waals surface area contributed by atoms with Crippen LogP contribution in [0, 0.1) is 0 Å². The number of halogens is 1. The van der Waals surface area contributed by atoms with Crippen LogP contribution in [-0.2, 0) is 13.1 Å². The molecule has 0 aliphatic rings. The van der Waals surface area contributed by atoms with E-state index in [1.807, 2.05) is 24.3 Å². The Morgan fingerprint density at radius 2 is 2.09 bits per heavy atom. The highest BCUT2D eigenvalue weighted by Gasteiger charge is 2.04. The van der Waals surface area contributed by atoms with E-state index in [-0.39, 0.29) is 24.0 Å². The second kappa shape index (κ2) is 10.7. The molecule has 0 aliphatic carbocycles. The Balaban J connectivity index is 0.00000264. The molecule has 0 unspecified atom stereocenters. The van der Waals surface area contributed by atoms with Gasteiger partial charge in [0, 0.05) is 25.2 Å². The summed E-state index contributed by atoms with van der Waals surface area (Å²) >= 11 is 0. The molecule has 0 radical (unpaired) electrons. The van der Waals surface area contributed by atoms with E-state index >= 15 is 0 Å². The molecule has 0 saturated carbocycles. The molecule has 0 spiro atoms. The molecule has 23 heavy (non-hydrogen) atoms. The largest absolute Gasteiger partial charge is 0.489 e. The number of benzene rings is 1. The van der Waals surface area contributed by atoms with Crippen LogP contribution in [-0.4, -0.2) is 24.8 Å². The highest BCUT2D eigenvalue weighted by atomic mass is 127. The summed E-state index contributed by atoms with van der Waals surface area (Å²) in [6.45, 7) is 5.29. The van der Waals surface area contributed by atoms with Crippen molar-refractivity contribution in [2.75, 3.05) is 13.7 Å². The third-order valence-electron chi connectivity index (χ3n) is 2.93. The van der Waals surface area contributed by atoms with Crippen molar-refractivity contribution in [3.05, 3.63) is 60.5 Å². The first-order valence-electron chi connectivity index (χ1n) is 6.99. The number of aromatic nitrogens is 1. The highest BCUT2D eigenvalue weighted by Crippen LogP contribution is 2.17. The van der Waals surface area contributed by atoms with E-state index in [1.54, 1.807) is 25.5 Å². The average Bonchev–Trinajstić information content (AvgIpc) is 3.07. The van der Waals surface area contributed by atoms with Crippen LogP contribution in [0.4, 0.5) is 0 Å². The molecule has 2 aromatic rings. The Bertz CT molecular complexity index is 614. The fourth-order valence-electron chi connectivity index (χ4n) is 1.84. The molecule has 2 N–H and O–H groups in total. The number of ether oxygens (including phenoxy) is 1. The fourth-order valence-corrected chi connectivity index (χ4v) is 1.84. The van der Waals surface area contributed by atoms with Crippen molar-refractivity contribution in [1.82, 2.24) is 15.8 Å². The van der Waals surface area contributed by atoms with Crippen molar-refractivity contribution in [3.8, 4) is 5.75 Å². The van der Waals surface area contributed by atoms with Crippen LogP contribution in [0.1, 0.15) is 11.3 Å². The molecule has 0 saturated heterocycles. The van der Waals surface area contributed by atoms with E-state index in [2.05, 4.69) is 27.4 Å². The molecule has 6 nitrogen and oxygen atoms in total. The standard InChI is InChI=1S/C16H20N4O2.HI/c1-3-9-21-15-7-5-4-6-13(15)11-18-16(17-2)19-12-14-8-10-22-20-14;/h3-8,10H,1,9,11-12H2,2H3,(H2,17,18,19);1H. The number of nitrogens with one attached hydrogen (secondary N) is 2. The molecular formula is C16H21IN4O2. The Morgan fingerprint density at radius 3 is 2.78 bits per heavy atom. The van der Waals surface area contributed by atoms with Gasteiger partial charge in [0.25, 0.3) is 0 Å². The molecule has 1 aromatic heterocycles. The minimum atomic E-state index is 0. The monoisotopic (exact) mass is 428 g/mol. The van der Waals surface area contributed by atoms with Crippen LogP contribution >= 0.6 is 24.0 Å². The smallest absolute Gasteiger partial charge is 0.191 e. The molecule has 1 heterocycles. The maximum atomic E-state index is 5.63. The maximum Gasteiger partial charge on any atom is 0.191 e. The molecule has 124 valence electrons. The van der Waals surface area contributed by atoms with Crippen LogP contribution in [0.5, 0.6) is 5.75 Å². The van der Waals surface area contributed by atoms with Crippen molar-refractivity contribution in [1.29, 1.82) is 0 Å². The third-order valence-corrected chi connectivity index (χ3v) is 2.93. The van der Waals surface area contributed by atoms with Gasteiger partial charge in [-0.2, -0.15) is 0 Å². The van der Waals surface area contributed by atoms with Crippen LogP contribution in [0.3, 0.4) is 0 Å². The topological polar surface area (TPSA) is 71.7 Å². The average molecular weight is 428 g/mol. The van der Waals surface area contributed by atoms with Gasteiger partial charge in [0.15, 0.2) is 5.96 Å². The number of guanidine groups is 1. The van der Waals surface area contributed by atoms with Gasteiger partial charge in [-0.3, -0.25) is 4.99 Å². The summed E-state index contributed by atoms with van der Waals surface area (Å²) in [5.74, 6) is 1.52. The maximum absolute atomic E-state index is 5.63. The first-order chi connectivity index (χ1) is 10.8. The van der Waals surface area contributed by atoms with E-state index in [9.17, 15) is 0 Å². The Kier molecular flexibility index (Phi) is 8.81. The summed E-state index contributed by atoms with van der Waals surface area (Å²) < 4.78 is 10.4. The third kappa shape index (κ3) is 6.31. The van der Waals surface area contributed by atoms with Gasteiger partial charge < -0.3 is 19.9 Å². The van der Waals surface area contributed by atoms with Crippen LogP contribution < -0.4 is 15.4 Å². The lowest BCUT2D eigenvalue weighted by atomic mass is 10.2. The van der Waals surface area contributed by atoms with Gasteiger partial charge in [0.2, 0.25) is 0 Å². The summed E-state index contributed by atoms with van der Waals surface area (Å²) in [5.41, 5.74) is 1.87. The Hall–Kier alpha value is -2.03. The summed E-state index contributed by atoms with van der Waals surface area (Å²) in [4.78, 5) is 4.17. The molecule has 1 aromatic carbocycles. The minimum absolute atomic E-state index is 0. The zero-order valence-electron chi connectivity index (χ0n) is 13.0. The van der Waals surface area contributed by atoms with E-state index in [0.717, 1.165) is 17.0 Å². The number of hydrogen-bond acceptors (Lipinski definition) is 4. The zero-order chi connectivity index (χ0) is 15.6. The fraction of sp³-hybridized carbons (Fsp3) is 0.250. The van der Waals surface area contributed by atoms with E-state index in [1.165, 1.54) is 0 Å². The predicted molar refractivity (Wildman–Crippen MR) is 101 cm³/mol. The van der Waals surface area contributed by atoms with Gasteiger partial charge in [-0.05, 0) is 6.07 Å². The van der Waals surface area contributed by atoms with Gasteiger partial charge in [-0.1, -0.05) is 36.0 Å². The lowest BCUT2D eigenvalue weighted by Crippen LogP contribution is -2.36. The molecule has 0 bridgehead atoms. The molecule has 0 amide bonds. The highest BCUT2D eigenvalue weighted by molar-refractivity contribution is 14.0. The number of nitrogens with zero attached hydrogens (tertiary/aromatic N) is 2. The minimum Gasteiger partial charge on any atom is -0.489 e. The van der Waals surface area contributed by atoms with E-state index < -0.39 is 0 Å². The Morgan fingerprint density at radius 1 is 1.30 bits per heavy atom. The van der Waals surface area contributed by atoms with Gasteiger partial charge in [0.1, 0.15) is 24.3 Å². The molecule has 2 rings (SSSR count). The van der Waals surface area contributed by atoms with Crippen LogP contribution in [0.25, 0.3) is 0 Å². The first-order valence-corrected chi connectivity index (χ1v) is 6.99. The second-order valence-electron chi connectivity index (χ2n) is 4.48. The van der Waals surface area contributed by atoms with Gasteiger partial charge in [0.05, 0.1) is 6.54 Å². The van der Waals surface area contributed by atoms with Crippen molar-refractivity contribution >= 4 is 29.9 Å². The van der Waals surface area contributed by atoms with E-state index in [0.29, 0.717) is 25.7 Å². The number of aliphatic imine (C=N–C) groups is 1. The molecule has 0 atom stereocenters. The van der Waals surface area contributed by atoms with E-state index in [4.69, 9.17) is 9.26 Å². The summed E-state index contributed by atoms with van der Waals surface area (Å²) in [6, 6.07) is 9.67. The molecule has 0 aliphatic heterocycles. The zero-order valence-corrected chi connectivity index (χ0v) is 15.3. The van der Waals surface area contributed by atoms with Crippen LogP contribution in [0.15, 0.2) is 58.8 Å². The quantitative estimate of drug-likeness (QED) is 0.307. The lowest BCUT2D eigenvalue weighted by Gasteiger charge is -2.13. The normalized spacial score (nSPS) is 10.6. The summed E-state index contributed by atoms with van der Waals surface area (Å²) in [5, 5.41) is 10.2. The first kappa shape index (κ1) is 19.0. The number of hydrogen-bond donors (Lipinski definition) is 2. The Labute approximate surface area is 153 Å². The number of para-hydroxylation sites is 1. The van der Waals surface area contributed by atoms with Gasteiger partial charge in [-0.25, -0.2) is 0 Å². The summed E-state index contributed by atoms with van der Waals surface area (Å²) in [6.07, 6.45) is 3.27. The van der Waals surface area contributed by atoms with Crippen molar-refractivity contribution in [2.45, 2.75) is 13.1 Å². The molecule has 0 fully saturated rings. The van der Waals surface area contributed by atoms with Crippen LogP contribution in [0.2, 0.25) is 0 Å². The lowest BCUT2D eigenvalue weighted by molar-refractivity contribution is 0.358. The summed E-state index contributed by atoms with van der Waals surface area (Å²) in [7, 11) is 1.72. The van der Waals surface area contributed by atoms with Crippen molar-refractivity contribution in [2.24, 2.45) is 4.99 Å². The number of rotatable bonds is 7. The molecular weight excluding hydrogens is 407 g/mol. The van der Waals surface area contributed by atoms with Gasteiger partial charge >= 0.3 is 0 Å². The molecule has 7 heteroatoms. The predicted octanol–water partition coefficient (Wildman–Crippen LogP) is 2.72.